The van der Waals surface area contributed by atoms with E-state index in [0.717, 1.165) is 5.56 Å². The number of aromatic nitrogens is 4. The van der Waals surface area contributed by atoms with E-state index >= 15 is 0 Å². The quantitative estimate of drug-likeness (QED) is 0.301. The van der Waals surface area contributed by atoms with Crippen molar-refractivity contribution in [3.63, 3.8) is 0 Å². The molecule has 168 valence electrons. The van der Waals surface area contributed by atoms with E-state index in [9.17, 15) is 14.0 Å². The number of nitrogens with two attached hydrogens (primary N) is 1. The van der Waals surface area contributed by atoms with Crippen LogP contribution in [0.15, 0.2) is 72.1 Å². The van der Waals surface area contributed by atoms with Crippen LogP contribution in [-0.2, 0) is 16.1 Å². The van der Waals surface area contributed by atoms with Crippen LogP contribution < -0.4 is 5.73 Å². The van der Waals surface area contributed by atoms with E-state index in [4.69, 9.17) is 5.73 Å². The Morgan fingerprint density at radius 3 is 2.55 bits per heavy atom. The highest BCUT2D eigenvalue weighted by molar-refractivity contribution is 8.00. The van der Waals surface area contributed by atoms with Crippen LogP contribution in [-0.4, -0.2) is 48.8 Å². The van der Waals surface area contributed by atoms with Gasteiger partial charge in [0, 0.05) is 19.5 Å². The summed E-state index contributed by atoms with van der Waals surface area (Å²) in [4.78, 5) is 34.5. The molecule has 2 heterocycles. The molecule has 8 nitrogen and oxygen atoms in total. The minimum Gasteiger partial charge on any atom is -0.370 e. The number of benzene rings is 2. The summed E-state index contributed by atoms with van der Waals surface area (Å²) in [6.07, 6.45) is 3.12. The second-order valence-corrected chi connectivity index (χ2v) is 8.22. The summed E-state index contributed by atoms with van der Waals surface area (Å²) in [5.74, 6) is -0.808. The first-order chi connectivity index (χ1) is 16.0. The average Bonchev–Trinajstić information content (AvgIpc) is 3.26. The van der Waals surface area contributed by atoms with Crippen LogP contribution in [0.2, 0.25) is 0 Å². The van der Waals surface area contributed by atoms with Gasteiger partial charge in [0.1, 0.15) is 17.2 Å². The molecule has 10 heteroatoms. The number of nitrogens with zero attached hydrogens (tertiary/aromatic N) is 5. The number of carbonyl (C=O) groups excluding carboxylic acids is 2. The standard InChI is InChI=1S/C23H21FN6O2S/c24-17-6-8-18(9-7-17)30-22-19(12-28-30)23(27-15-26-22)33-14-21(32)29(11-10-20(25)31)13-16-4-2-1-3-5-16/h1-9,12,15H,10-11,13-14H2,(H2,25,31). The zero-order valence-corrected chi connectivity index (χ0v) is 18.4. The van der Waals surface area contributed by atoms with Crippen molar-refractivity contribution < 1.29 is 14.0 Å². The Morgan fingerprint density at radius 1 is 1.06 bits per heavy atom. The van der Waals surface area contributed by atoms with Gasteiger partial charge in [-0.15, -0.1) is 0 Å². The van der Waals surface area contributed by atoms with Crippen molar-refractivity contribution >= 4 is 34.6 Å². The first-order valence-corrected chi connectivity index (χ1v) is 11.2. The van der Waals surface area contributed by atoms with Gasteiger partial charge in [-0.2, -0.15) is 5.10 Å². The highest BCUT2D eigenvalue weighted by atomic mass is 32.2. The molecule has 33 heavy (non-hydrogen) atoms. The Morgan fingerprint density at radius 2 is 1.82 bits per heavy atom. The maximum absolute atomic E-state index is 13.3. The molecular formula is C23H21FN6O2S. The number of primary amides is 1. The lowest BCUT2D eigenvalue weighted by molar-refractivity contribution is -0.129. The van der Waals surface area contributed by atoms with Crippen molar-refractivity contribution in [3.05, 3.63) is 78.5 Å². The normalized spacial score (nSPS) is 10.9. The molecule has 0 bridgehead atoms. The van der Waals surface area contributed by atoms with E-state index in [1.807, 2.05) is 30.3 Å². The number of carbonyl (C=O) groups is 2. The van der Waals surface area contributed by atoms with E-state index in [2.05, 4.69) is 15.1 Å². The number of thioether (sulfide) groups is 1. The topological polar surface area (TPSA) is 107 Å². The Kier molecular flexibility index (Phi) is 6.94. The van der Waals surface area contributed by atoms with Gasteiger partial charge >= 0.3 is 0 Å². The molecule has 4 rings (SSSR count). The maximum atomic E-state index is 13.3. The molecule has 0 aliphatic rings. The number of halogens is 1. The number of fused-ring (bicyclic) bond motifs is 1. The zero-order valence-electron chi connectivity index (χ0n) is 17.6. The van der Waals surface area contributed by atoms with E-state index in [1.165, 1.54) is 30.2 Å². The van der Waals surface area contributed by atoms with Crippen molar-refractivity contribution in [1.82, 2.24) is 24.6 Å². The Balaban J connectivity index is 1.50. The highest BCUT2D eigenvalue weighted by Crippen LogP contribution is 2.26. The molecule has 2 amide bonds. The van der Waals surface area contributed by atoms with Gasteiger partial charge in [-0.25, -0.2) is 19.0 Å². The fourth-order valence-corrected chi connectivity index (χ4v) is 4.14. The van der Waals surface area contributed by atoms with E-state index in [-0.39, 0.29) is 30.4 Å². The fraction of sp³-hybridized carbons (Fsp3) is 0.174. The highest BCUT2D eigenvalue weighted by Gasteiger charge is 2.18. The van der Waals surface area contributed by atoms with Gasteiger partial charge in [-0.3, -0.25) is 9.59 Å². The van der Waals surface area contributed by atoms with Crippen molar-refractivity contribution in [3.8, 4) is 5.69 Å². The molecule has 0 aliphatic heterocycles. The molecule has 2 aromatic heterocycles. The van der Waals surface area contributed by atoms with E-state index in [1.54, 1.807) is 27.9 Å². The first kappa shape index (κ1) is 22.4. The third-order valence-electron chi connectivity index (χ3n) is 4.93. The summed E-state index contributed by atoms with van der Waals surface area (Å²) in [6, 6.07) is 15.5. The summed E-state index contributed by atoms with van der Waals surface area (Å²) in [6.45, 7) is 0.625. The van der Waals surface area contributed by atoms with Gasteiger partial charge in [-0.05, 0) is 29.8 Å². The number of hydrogen-bond acceptors (Lipinski definition) is 6. The lowest BCUT2D eigenvalue weighted by Crippen LogP contribution is -2.34. The zero-order chi connectivity index (χ0) is 23.2. The molecule has 2 N–H and O–H groups in total. The second-order valence-electron chi connectivity index (χ2n) is 7.25. The second kappa shape index (κ2) is 10.2. The summed E-state index contributed by atoms with van der Waals surface area (Å²) in [5.41, 5.74) is 7.48. The predicted molar refractivity (Wildman–Crippen MR) is 123 cm³/mol. The Labute approximate surface area is 193 Å². The molecule has 0 unspecified atom stereocenters. The van der Waals surface area contributed by atoms with Gasteiger partial charge in [0.25, 0.3) is 0 Å². The molecule has 0 saturated carbocycles. The van der Waals surface area contributed by atoms with Gasteiger partial charge in [0.05, 0.1) is 23.0 Å². The van der Waals surface area contributed by atoms with Crippen LogP contribution in [0.5, 0.6) is 0 Å². The smallest absolute Gasteiger partial charge is 0.233 e. The SMILES string of the molecule is NC(=O)CCN(Cc1ccccc1)C(=O)CSc1ncnc2c1cnn2-c1ccc(F)cc1. The van der Waals surface area contributed by atoms with Crippen molar-refractivity contribution in [2.45, 2.75) is 18.0 Å². The molecule has 0 fully saturated rings. The predicted octanol–water partition coefficient (Wildman–Crippen LogP) is 2.95. The lowest BCUT2D eigenvalue weighted by Gasteiger charge is -2.22. The average molecular weight is 465 g/mol. The van der Waals surface area contributed by atoms with Gasteiger partial charge in [0.2, 0.25) is 11.8 Å². The van der Waals surface area contributed by atoms with Gasteiger partial charge < -0.3 is 10.6 Å². The summed E-state index contributed by atoms with van der Waals surface area (Å²) in [7, 11) is 0. The minimum atomic E-state index is -0.459. The third kappa shape index (κ3) is 5.53. The minimum absolute atomic E-state index is 0.0887. The Hall–Kier alpha value is -3.79. The molecule has 0 atom stereocenters. The fourth-order valence-electron chi connectivity index (χ4n) is 3.27. The number of rotatable bonds is 9. The Bertz CT molecular complexity index is 1260. The summed E-state index contributed by atoms with van der Waals surface area (Å²) in [5, 5.41) is 5.65. The van der Waals surface area contributed by atoms with Crippen molar-refractivity contribution in [1.29, 1.82) is 0 Å². The summed E-state index contributed by atoms with van der Waals surface area (Å²) >= 11 is 1.27. The van der Waals surface area contributed by atoms with Gasteiger partial charge in [0.15, 0.2) is 5.65 Å². The lowest BCUT2D eigenvalue weighted by atomic mass is 10.2. The molecule has 0 radical (unpaired) electrons. The summed E-state index contributed by atoms with van der Waals surface area (Å²) < 4.78 is 14.9. The molecule has 0 aliphatic carbocycles. The molecule has 0 saturated heterocycles. The largest absolute Gasteiger partial charge is 0.370 e. The van der Waals surface area contributed by atoms with Crippen molar-refractivity contribution in [2.24, 2.45) is 5.73 Å². The van der Waals surface area contributed by atoms with Crippen molar-refractivity contribution in [2.75, 3.05) is 12.3 Å². The van der Waals surface area contributed by atoms with Crippen LogP contribution in [0.4, 0.5) is 4.39 Å². The van der Waals surface area contributed by atoms with Crippen LogP contribution in [0, 0.1) is 5.82 Å². The number of amides is 2. The first-order valence-electron chi connectivity index (χ1n) is 10.2. The third-order valence-corrected chi connectivity index (χ3v) is 5.92. The molecular weight excluding hydrogens is 443 g/mol. The van der Waals surface area contributed by atoms with Gasteiger partial charge in [-0.1, -0.05) is 42.1 Å². The molecule has 0 spiro atoms. The van der Waals surface area contributed by atoms with E-state index < -0.39 is 5.91 Å². The monoisotopic (exact) mass is 464 g/mol. The van der Waals surface area contributed by atoms with Crippen LogP contribution in [0.1, 0.15) is 12.0 Å². The van der Waals surface area contributed by atoms with E-state index in [0.29, 0.717) is 28.3 Å². The van der Waals surface area contributed by atoms with Crippen LogP contribution in [0.3, 0.4) is 0 Å². The molecule has 2 aromatic carbocycles. The number of hydrogen-bond donors (Lipinski definition) is 1. The maximum Gasteiger partial charge on any atom is 0.233 e. The molecule has 4 aromatic rings. The van der Waals surface area contributed by atoms with Crippen LogP contribution >= 0.6 is 11.8 Å². The van der Waals surface area contributed by atoms with Crippen LogP contribution in [0.25, 0.3) is 16.7 Å².